The number of halogens is 4. The Morgan fingerprint density at radius 1 is 1.37 bits per heavy atom. The lowest BCUT2D eigenvalue weighted by Crippen LogP contribution is -2.57. The summed E-state index contributed by atoms with van der Waals surface area (Å²) < 4.78 is 55.5. The fraction of sp³-hybridized carbons (Fsp3) is 0.579. The Labute approximate surface area is 166 Å². The number of likely N-dealkylation sites (tertiary alicyclic amines) is 1. The fourth-order valence-electron chi connectivity index (χ4n) is 3.39. The Hall–Kier alpha value is -0.890. The van der Waals surface area contributed by atoms with Crippen LogP contribution >= 0.6 is 11.6 Å². The first-order valence-corrected chi connectivity index (χ1v) is 10.3. The van der Waals surface area contributed by atoms with Crippen molar-refractivity contribution in [2.75, 3.05) is 6.54 Å². The van der Waals surface area contributed by atoms with Gasteiger partial charge < -0.3 is 0 Å². The van der Waals surface area contributed by atoms with Gasteiger partial charge in [0.1, 0.15) is 6.04 Å². The Morgan fingerprint density at radius 2 is 2.04 bits per heavy atom. The van der Waals surface area contributed by atoms with Crippen molar-refractivity contribution in [1.29, 1.82) is 0 Å². The number of benzene rings is 1. The molecule has 1 unspecified atom stereocenters. The summed E-state index contributed by atoms with van der Waals surface area (Å²) in [5, 5.41) is 0.550. The van der Waals surface area contributed by atoms with Crippen LogP contribution in [-0.4, -0.2) is 38.7 Å². The first-order chi connectivity index (χ1) is 12.4. The van der Waals surface area contributed by atoms with E-state index < -0.39 is 34.0 Å². The molecule has 4 atom stereocenters. The number of hydrogen-bond acceptors (Lipinski definition) is 2. The number of nitrogens with one attached hydrogen (secondary N) is 1. The molecule has 1 saturated heterocycles. The fourth-order valence-corrected chi connectivity index (χ4v) is 4.46. The summed E-state index contributed by atoms with van der Waals surface area (Å²) in [5.41, 5.74) is 0.879. The highest BCUT2D eigenvalue weighted by atomic mass is 35.5. The highest BCUT2D eigenvalue weighted by Crippen LogP contribution is 2.41. The summed E-state index contributed by atoms with van der Waals surface area (Å²) in [5.74, 6) is 0. The molecule has 0 bridgehead atoms. The minimum absolute atomic E-state index is 0.193. The molecule has 1 aromatic carbocycles. The largest absolute Gasteiger partial charge is 0.406 e. The third-order valence-electron chi connectivity index (χ3n) is 4.66. The number of rotatable bonds is 6. The molecule has 0 spiro atoms. The van der Waals surface area contributed by atoms with E-state index in [0.29, 0.717) is 24.4 Å². The topological polar surface area (TPSA) is 32.3 Å². The van der Waals surface area contributed by atoms with E-state index in [1.165, 1.54) is 0 Å². The summed E-state index contributed by atoms with van der Waals surface area (Å²) in [7, 11) is -1.83. The molecular formula is C19H26ClF3N2OS. The molecule has 0 saturated carbocycles. The van der Waals surface area contributed by atoms with Crippen molar-refractivity contribution in [3.05, 3.63) is 47.5 Å². The van der Waals surface area contributed by atoms with Crippen molar-refractivity contribution >= 4 is 22.6 Å². The molecule has 1 aliphatic heterocycles. The van der Waals surface area contributed by atoms with Crippen LogP contribution in [0, 0.1) is 0 Å². The molecule has 152 valence electrons. The van der Waals surface area contributed by atoms with Crippen LogP contribution in [0.2, 0.25) is 5.02 Å². The summed E-state index contributed by atoms with van der Waals surface area (Å²) in [6, 6.07) is 4.28. The normalized spacial score (nSPS) is 24.0. The predicted octanol–water partition coefficient (Wildman–Crippen LogP) is 5.01. The molecule has 0 aliphatic carbocycles. The monoisotopic (exact) mass is 422 g/mol. The molecular weight excluding hydrogens is 397 g/mol. The van der Waals surface area contributed by atoms with E-state index in [0.717, 1.165) is 5.56 Å². The van der Waals surface area contributed by atoms with Gasteiger partial charge in [-0.3, -0.25) is 4.90 Å². The zero-order valence-electron chi connectivity index (χ0n) is 15.7. The van der Waals surface area contributed by atoms with Crippen LogP contribution < -0.4 is 4.72 Å². The molecule has 0 amide bonds. The van der Waals surface area contributed by atoms with Gasteiger partial charge in [0.05, 0.1) is 15.7 Å². The van der Waals surface area contributed by atoms with E-state index >= 15 is 0 Å². The Kier molecular flexibility index (Phi) is 7.17. The molecule has 3 nitrogen and oxygen atoms in total. The smallest absolute Gasteiger partial charge is 0.288 e. The van der Waals surface area contributed by atoms with Crippen LogP contribution in [0.1, 0.15) is 45.2 Å². The molecule has 1 N–H and O–H groups in total. The van der Waals surface area contributed by atoms with E-state index in [1.807, 2.05) is 6.07 Å². The molecule has 2 rings (SSSR count). The van der Waals surface area contributed by atoms with Crippen LogP contribution in [0.15, 0.2) is 36.9 Å². The second kappa shape index (κ2) is 8.64. The number of alkyl halides is 3. The average Bonchev–Trinajstić information content (AvgIpc) is 2.94. The second-order valence-electron chi connectivity index (χ2n) is 7.72. The van der Waals surface area contributed by atoms with Gasteiger partial charge in [0.25, 0.3) is 0 Å². The molecule has 1 heterocycles. The quantitative estimate of drug-likeness (QED) is 0.653. The van der Waals surface area contributed by atoms with Gasteiger partial charge in [0.2, 0.25) is 0 Å². The van der Waals surface area contributed by atoms with Crippen molar-refractivity contribution in [3.63, 3.8) is 0 Å². The third kappa shape index (κ3) is 5.56. The summed E-state index contributed by atoms with van der Waals surface area (Å²) in [4.78, 5) is 1.78. The first kappa shape index (κ1) is 22.4. The molecule has 1 fully saturated rings. The van der Waals surface area contributed by atoms with E-state index in [4.69, 9.17) is 11.6 Å². The van der Waals surface area contributed by atoms with Gasteiger partial charge in [-0.2, -0.15) is 13.2 Å². The van der Waals surface area contributed by atoms with E-state index in [2.05, 4.69) is 11.3 Å². The minimum Gasteiger partial charge on any atom is -0.288 e. The van der Waals surface area contributed by atoms with Gasteiger partial charge in [0.15, 0.2) is 0 Å². The standard InChI is InChI=1S/C19H26ClF3N2OS/c1-5-11-25-15(13-7-6-8-14(20)12-13)9-10-16(25)17(19(21,22)23)24-27(26)18(2,3)4/h5-8,12,15-17,24H,1,9-11H2,2-4H3/t15-,16+,17-,27?/m0/s1. The van der Waals surface area contributed by atoms with Crippen molar-refractivity contribution in [2.24, 2.45) is 0 Å². The SMILES string of the molecule is C=CCN1[C@@H]([C@H](NS(=O)C(C)(C)C)C(F)(F)F)CC[C@H]1c1cccc(Cl)c1. The second-order valence-corrected chi connectivity index (χ2v) is 10.2. The number of nitrogens with zero attached hydrogens (tertiary/aromatic N) is 1. The average molecular weight is 423 g/mol. The van der Waals surface area contributed by atoms with Crippen molar-refractivity contribution < 1.29 is 17.4 Å². The number of hydrogen-bond donors (Lipinski definition) is 1. The molecule has 1 aliphatic rings. The van der Waals surface area contributed by atoms with Gasteiger partial charge in [-0.25, -0.2) is 8.93 Å². The van der Waals surface area contributed by atoms with Gasteiger partial charge in [-0.15, -0.1) is 6.58 Å². The van der Waals surface area contributed by atoms with Crippen LogP contribution in [-0.2, 0) is 11.0 Å². The maximum Gasteiger partial charge on any atom is 0.406 e. The highest BCUT2D eigenvalue weighted by molar-refractivity contribution is 7.84. The van der Waals surface area contributed by atoms with Crippen molar-refractivity contribution in [3.8, 4) is 0 Å². The maximum absolute atomic E-state index is 13.9. The van der Waals surface area contributed by atoms with E-state index in [-0.39, 0.29) is 6.04 Å². The zero-order valence-corrected chi connectivity index (χ0v) is 17.3. The first-order valence-electron chi connectivity index (χ1n) is 8.82. The lowest BCUT2D eigenvalue weighted by molar-refractivity contribution is -0.164. The van der Waals surface area contributed by atoms with Gasteiger partial charge >= 0.3 is 6.18 Å². The molecule has 27 heavy (non-hydrogen) atoms. The summed E-state index contributed by atoms with van der Waals surface area (Å²) in [6.45, 7) is 8.94. The van der Waals surface area contributed by atoms with Crippen LogP contribution in [0.4, 0.5) is 13.2 Å². The van der Waals surface area contributed by atoms with Crippen LogP contribution in [0.5, 0.6) is 0 Å². The van der Waals surface area contributed by atoms with Crippen LogP contribution in [0.3, 0.4) is 0 Å². The molecule has 0 aromatic heterocycles. The Morgan fingerprint density at radius 3 is 2.56 bits per heavy atom. The lowest BCUT2D eigenvalue weighted by atomic mass is 10.0. The lowest BCUT2D eigenvalue weighted by Gasteiger charge is -2.36. The van der Waals surface area contributed by atoms with Gasteiger partial charge in [0, 0.05) is 23.7 Å². The molecule has 0 radical (unpaired) electrons. The van der Waals surface area contributed by atoms with E-state index in [9.17, 15) is 17.4 Å². The highest BCUT2D eigenvalue weighted by Gasteiger charge is 2.51. The zero-order chi connectivity index (χ0) is 20.4. The molecule has 8 heteroatoms. The van der Waals surface area contributed by atoms with E-state index in [1.54, 1.807) is 49.9 Å². The van der Waals surface area contributed by atoms with Gasteiger partial charge in [-0.05, 0) is 51.3 Å². The molecule has 1 aromatic rings. The van der Waals surface area contributed by atoms with Crippen molar-refractivity contribution in [1.82, 2.24) is 9.62 Å². The Bertz CT molecular complexity index is 690. The van der Waals surface area contributed by atoms with Crippen molar-refractivity contribution in [2.45, 2.75) is 62.7 Å². The van der Waals surface area contributed by atoms with Crippen LogP contribution in [0.25, 0.3) is 0 Å². The summed E-state index contributed by atoms with van der Waals surface area (Å²) in [6.07, 6.45) is -2.02. The Balaban J connectivity index is 2.34. The van der Waals surface area contributed by atoms with Gasteiger partial charge in [-0.1, -0.05) is 29.8 Å². The summed E-state index contributed by atoms with van der Waals surface area (Å²) >= 11 is 6.07. The predicted molar refractivity (Wildman–Crippen MR) is 105 cm³/mol. The minimum atomic E-state index is -4.52. The third-order valence-corrected chi connectivity index (χ3v) is 6.48. The maximum atomic E-state index is 13.9.